The Morgan fingerprint density at radius 2 is 2.05 bits per heavy atom. The summed E-state index contributed by atoms with van der Waals surface area (Å²) in [5, 5.41) is 6.95. The van der Waals surface area contributed by atoms with Gasteiger partial charge in [-0.3, -0.25) is 9.78 Å². The van der Waals surface area contributed by atoms with Crippen LogP contribution in [0.1, 0.15) is 10.4 Å². The monoisotopic (exact) mass is 264 g/mol. The van der Waals surface area contributed by atoms with Crippen LogP contribution in [0, 0.1) is 0 Å². The second-order valence-corrected chi connectivity index (χ2v) is 4.20. The molecule has 98 valence electrons. The smallest absolute Gasteiger partial charge is 0.255 e. The Hall–Kier alpha value is -2.95. The Balaban J connectivity index is 1.84. The van der Waals surface area contributed by atoms with Gasteiger partial charge in [0.15, 0.2) is 0 Å². The maximum absolute atomic E-state index is 12.2. The van der Waals surface area contributed by atoms with Crippen LogP contribution in [0.3, 0.4) is 0 Å². The number of amides is 1. The van der Waals surface area contributed by atoms with Crippen molar-refractivity contribution in [1.29, 1.82) is 0 Å². The van der Waals surface area contributed by atoms with Gasteiger partial charge in [0.2, 0.25) is 0 Å². The third kappa shape index (κ3) is 2.56. The van der Waals surface area contributed by atoms with E-state index in [1.165, 1.54) is 0 Å². The molecule has 5 nitrogen and oxygen atoms in total. The van der Waals surface area contributed by atoms with Crippen molar-refractivity contribution in [2.45, 2.75) is 0 Å². The molecular formula is C15H12N4O. The molecule has 0 aliphatic rings. The summed E-state index contributed by atoms with van der Waals surface area (Å²) in [5.41, 5.74) is 2.08. The topological polar surface area (TPSA) is 59.8 Å². The number of hydrogen-bond donors (Lipinski definition) is 1. The molecule has 20 heavy (non-hydrogen) atoms. The number of nitrogens with zero attached hydrogens (tertiary/aromatic N) is 3. The first-order chi connectivity index (χ1) is 9.83. The SMILES string of the molecule is O=C(Nc1cccnc1)c1cccc(-n2cccn2)c1. The van der Waals surface area contributed by atoms with Gasteiger partial charge in [0.25, 0.3) is 5.91 Å². The molecule has 1 amide bonds. The van der Waals surface area contributed by atoms with Gasteiger partial charge < -0.3 is 5.32 Å². The lowest BCUT2D eigenvalue weighted by atomic mass is 10.2. The Kier molecular flexibility index (Phi) is 3.24. The summed E-state index contributed by atoms with van der Waals surface area (Å²) in [4.78, 5) is 16.1. The molecule has 1 aromatic carbocycles. The van der Waals surface area contributed by atoms with E-state index in [0.29, 0.717) is 11.3 Å². The van der Waals surface area contributed by atoms with E-state index in [-0.39, 0.29) is 5.91 Å². The van der Waals surface area contributed by atoms with Crippen LogP contribution in [-0.4, -0.2) is 20.7 Å². The number of nitrogens with one attached hydrogen (secondary N) is 1. The minimum absolute atomic E-state index is 0.174. The third-order valence-electron chi connectivity index (χ3n) is 2.80. The number of anilines is 1. The molecule has 0 atom stereocenters. The van der Waals surface area contributed by atoms with Crippen molar-refractivity contribution < 1.29 is 4.79 Å². The van der Waals surface area contributed by atoms with Crippen LogP contribution in [0.2, 0.25) is 0 Å². The molecule has 3 aromatic rings. The quantitative estimate of drug-likeness (QED) is 0.790. The molecule has 0 spiro atoms. The fourth-order valence-corrected chi connectivity index (χ4v) is 1.85. The van der Waals surface area contributed by atoms with Gasteiger partial charge in [0.1, 0.15) is 0 Å². The van der Waals surface area contributed by atoms with Crippen LogP contribution in [0.4, 0.5) is 5.69 Å². The van der Waals surface area contributed by atoms with Crippen LogP contribution in [0.25, 0.3) is 5.69 Å². The third-order valence-corrected chi connectivity index (χ3v) is 2.80. The summed E-state index contributed by atoms with van der Waals surface area (Å²) < 4.78 is 1.71. The average molecular weight is 264 g/mol. The molecule has 0 saturated carbocycles. The molecule has 0 aliphatic carbocycles. The highest BCUT2D eigenvalue weighted by atomic mass is 16.1. The highest BCUT2D eigenvalue weighted by molar-refractivity contribution is 6.04. The molecule has 0 saturated heterocycles. The van der Waals surface area contributed by atoms with Gasteiger partial charge >= 0.3 is 0 Å². The van der Waals surface area contributed by atoms with Gasteiger partial charge in [-0.15, -0.1) is 0 Å². The molecule has 0 radical (unpaired) electrons. The predicted octanol–water partition coefficient (Wildman–Crippen LogP) is 2.52. The summed E-state index contributed by atoms with van der Waals surface area (Å²) in [6.45, 7) is 0. The van der Waals surface area contributed by atoms with Gasteiger partial charge in [-0.1, -0.05) is 6.07 Å². The normalized spacial score (nSPS) is 10.2. The first kappa shape index (κ1) is 12.1. The van der Waals surface area contributed by atoms with Crippen molar-refractivity contribution in [3.63, 3.8) is 0 Å². The molecule has 2 heterocycles. The van der Waals surface area contributed by atoms with E-state index in [9.17, 15) is 4.79 Å². The van der Waals surface area contributed by atoms with E-state index in [4.69, 9.17) is 0 Å². The van der Waals surface area contributed by atoms with Crippen LogP contribution < -0.4 is 5.32 Å². The molecule has 0 unspecified atom stereocenters. The van der Waals surface area contributed by atoms with Crippen molar-refractivity contribution >= 4 is 11.6 Å². The highest BCUT2D eigenvalue weighted by Gasteiger charge is 2.07. The number of carbonyl (C=O) groups is 1. The van der Waals surface area contributed by atoms with Gasteiger partial charge in [-0.2, -0.15) is 5.10 Å². The number of pyridine rings is 1. The summed E-state index contributed by atoms with van der Waals surface area (Å²) in [7, 11) is 0. The molecule has 2 aromatic heterocycles. The standard InChI is InChI=1S/C15H12N4O/c20-15(18-13-5-2-7-16-11-13)12-4-1-6-14(10-12)19-9-3-8-17-19/h1-11H,(H,18,20). The zero-order valence-corrected chi connectivity index (χ0v) is 10.6. The lowest BCUT2D eigenvalue weighted by molar-refractivity contribution is 0.102. The second-order valence-electron chi connectivity index (χ2n) is 4.20. The van der Waals surface area contributed by atoms with Gasteiger partial charge in [-0.05, 0) is 36.4 Å². The molecule has 0 fully saturated rings. The maximum Gasteiger partial charge on any atom is 0.255 e. The van der Waals surface area contributed by atoms with Crippen molar-refractivity contribution in [3.05, 3.63) is 72.8 Å². The first-order valence-corrected chi connectivity index (χ1v) is 6.14. The zero-order valence-electron chi connectivity index (χ0n) is 10.6. The number of carbonyl (C=O) groups excluding carboxylic acids is 1. The summed E-state index contributed by atoms with van der Waals surface area (Å²) in [6.07, 6.45) is 6.80. The van der Waals surface area contributed by atoms with E-state index < -0.39 is 0 Å². The van der Waals surface area contributed by atoms with Crippen molar-refractivity contribution in [2.24, 2.45) is 0 Å². The van der Waals surface area contributed by atoms with Crippen molar-refractivity contribution in [3.8, 4) is 5.69 Å². The van der Waals surface area contributed by atoms with E-state index in [2.05, 4.69) is 15.4 Å². The number of hydrogen-bond acceptors (Lipinski definition) is 3. The molecule has 5 heteroatoms. The van der Waals surface area contributed by atoms with Crippen molar-refractivity contribution in [1.82, 2.24) is 14.8 Å². The average Bonchev–Trinajstić information content (AvgIpc) is 3.03. The number of aromatic nitrogens is 3. The Morgan fingerprint density at radius 3 is 2.80 bits per heavy atom. The zero-order chi connectivity index (χ0) is 13.8. The molecule has 3 rings (SSSR count). The fraction of sp³-hybridized carbons (Fsp3) is 0. The summed E-state index contributed by atoms with van der Waals surface area (Å²) in [5.74, 6) is -0.174. The number of benzene rings is 1. The molecule has 0 bridgehead atoms. The highest BCUT2D eigenvalue weighted by Crippen LogP contribution is 2.12. The lowest BCUT2D eigenvalue weighted by Gasteiger charge is -2.06. The summed E-state index contributed by atoms with van der Waals surface area (Å²) in [6, 6.07) is 12.7. The fourth-order valence-electron chi connectivity index (χ4n) is 1.85. The van der Waals surface area contributed by atoms with Gasteiger partial charge in [0, 0.05) is 24.2 Å². The molecule has 1 N–H and O–H groups in total. The molecule has 0 aliphatic heterocycles. The second kappa shape index (κ2) is 5.36. The predicted molar refractivity (Wildman–Crippen MR) is 75.8 cm³/mol. The Morgan fingerprint density at radius 1 is 1.10 bits per heavy atom. The van der Waals surface area contributed by atoms with Crippen LogP contribution in [0.5, 0.6) is 0 Å². The van der Waals surface area contributed by atoms with Gasteiger partial charge in [0.05, 0.1) is 17.6 Å². The first-order valence-electron chi connectivity index (χ1n) is 6.14. The van der Waals surface area contributed by atoms with E-state index in [0.717, 1.165) is 5.69 Å². The molecular weight excluding hydrogens is 252 g/mol. The van der Waals surface area contributed by atoms with Crippen molar-refractivity contribution in [2.75, 3.05) is 5.32 Å². The maximum atomic E-state index is 12.2. The summed E-state index contributed by atoms with van der Waals surface area (Å²) >= 11 is 0. The van der Waals surface area contributed by atoms with Crippen LogP contribution >= 0.6 is 0 Å². The van der Waals surface area contributed by atoms with E-state index in [1.54, 1.807) is 47.5 Å². The minimum Gasteiger partial charge on any atom is -0.321 e. The van der Waals surface area contributed by atoms with Crippen LogP contribution in [0.15, 0.2) is 67.3 Å². The van der Waals surface area contributed by atoms with E-state index in [1.807, 2.05) is 24.4 Å². The van der Waals surface area contributed by atoms with Crippen LogP contribution in [-0.2, 0) is 0 Å². The Bertz CT molecular complexity index is 708. The lowest BCUT2D eigenvalue weighted by Crippen LogP contribution is -2.12. The Labute approximate surface area is 115 Å². The minimum atomic E-state index is -0.174. The van der Waals surface area contributed by atoms with Gasteiger partial charge in [-0.25, -0.2) is 4.68 Å². The number of rotatable bonds is 3. The van der Waals surface area contributed by atoms with E-state index >= 15 is 0 Å². The largest absolute Gasteiger partial charge is 0.321 e.